The molecular formula is C12H20N2O4. The second-order valence-corrected chi connectivity index (χ2v) is 4.46. The summed E-state index contributed by atoms with van der Waals surface area (Å²) in [6.07, 6.45) is 4.43. The van der Waals surface area contributed by atoms with Crippen LogP contribution >= 0.6 is 0 Å². The van der Waals surface area contributed by atoms with Crippen molar-refractivity contribution in [3.63, 3.8) is 0 Å². The Morgan fingerprint density at radius 1 is 1.56 bits per heavy atom. The molecule has 0 saturated heterocycles. The maximum Gasteiger partial charge on any atom is 0.323 e. The Bertz CT molecular complexity index is 321. The van der Waals surface area contributed by atoms with Gasteiger partial charge in [-0.15, -0.1) is 6.58 Å². The molecule has 0 aliphatic heterocycles. The fraction of sp³-hybridized carbons (Fsp3) is 0.667. The van der Waals surface area contributed by atoms with Crippen LogP contribution in [0.4, 0.5) is 4.79 Å². The Balaban J connectivity index is 2.45. The SMILES string of the molecule is C=CCN(CC(=O)O)C(=O)NCC1(OC)CCC1. The first kappa shape index (κ1) is 14.5. The third-order valence-corrected chi connectivity index (χ3v) is 3.22. The van der Waals surface area contributed by atoms with Gasteiger partial charge in [0, 0.05) is 20.2 Å². The van der Waals surface area contributed by atoms with Gasteiger partial charge in [-0.1, -0.05) is 6.08 Å². The molecule has 0 atom stereocenters. The Morgan fingerprint density at radius 3 is 2.61 bits per heavy atom. The molecule has 1 saturated carbocycles. The highest BCUT2D eigenvalue weighted by atomic mass is 16.5. The normalized spacial score (nSPS) is 16.5. The van der Waals surface area contributed by atoms with Crippen molar-refractivity contribution < 1.29 is 19.4 Å². The molecule has 0 bridgehead atoms. The number of hydrogen-bond acceptors (Lipinski definition) is 3. The van der Waals surface area contributed by atoms with Crippen LogP contribution in [0.25, 0.3) is 0 Å². The smallest absolute Gasteiger partial charge is 0.323 e. The quantitative estimate of drug-likeness (QED) is 0.661. The van der Waals surface area contributed by atoms with Crippen LogP contribution in [0.2, 0.25) is 0 Å². The molecule has 1 aliphatic carbocycles. The summed E-state index contributed by atoms with van der Waals surface area (Å²) < 4.78 is 5.38. The molecule has 0 aromatic carbocycles. The van der Waals surface area contributed by atoms with Crippen LogP contribution in [0.15, 0.2) is 12.7 Å². The molecule has 0 unspecified atom stereocenters. The molecule has 1 aliphatic rings. The predicted molar refractivity (Wildman–Crippen MR) is 66.4 cm³/mol. The first-order valence-electron chi connectivity index (χ1n) is 5.93. The number of nitrogens with zero attached hydrogens (tertiary/aromatic N) is 1. The minimum absolute atomic E-state index is 0.206. The van der Waals surface area contributed by atoms with Gasteiger partial charge in [0.15, 0.2) is 0 Å². The number of carbonyl (C=O) groups excluding carboxylic acids is 1. The predicted octanol–water partition coefficient (Wildman–Crippen LogP) is 0.838. The van der Waals surface area contributed by atoms with Gasteiger partial charge in [-0.2, -0.15) is 0 Å². The van der Waals surface area contributed by atoms with Crippen LogP contribution in [-0.2, 0) is 9.53 Å². The van der Waals surface area contributed by atoms with Gasteiger partial charge in [-0.05, 0) is 19.3 Å². The van der Waals surface area contributed by atoms with E-state index in [9.17, 15) is 9.59 Å². The van der Waals surface area contributed by atoms with Gasteiger partial charge in [0.25, 0.3) is 0 Å². The van der Waals surface area contributed by atoms with Gasteiger partial charge >= 0.3 is 12.0 Å². The standard InChI is InChI=1S/C12H20N2O4/c1-3-7-14(8-10(15)16)11(17)13-9-12(18-2)5-4-6-12/h3H,1,4-9H2,2H3,(H,13,17)(H,15,16). The zero-order valence-electron chi connectivity index (χ0n) is 10.6. The first-order chi connectivity index (χ1) is 8.53. The van der Waals surface area contributed by atoms with E-state index in [2.05, 4.69) is 11.9 Å². The average molecular weight is 256 g/mol. The lowest BCUT2D eigenvalue weighted by Gasteiger charge is -2.40. The zero-order chi connectivity index (χ0) is 13.6. The molecule has 1 rings (SSSR count). The van der Waals surface area contributed by atoms with Crippen LogP contribution in [0, 0.1) is 0 Å². The van der Waals surface area contributed by atoms with Gasteiger partial charge in [0.2, 0.25) is 0 Å². The molecule has 0 spiro atoms. The van der Waals surface area contributed by atoms with E-state index in [1.165, 1.54) is 11.0 Å². The molecule has 6 heteroatoms. The van der Waals surface area contributed by atoms with Gasteiger partial charge in [0.05, 0.1) is 5.60 Å². The van der Waals surface area contributed by atoms with Crippen molar-refractivity contribution >= 4 is 12.0 Å². The van der Waals surface area contributed by atoms with E-state index >= 15 is 0 Å². The highest BCUT2D eigenvalue weighted by Gasteiger charge is 2.37. The third kappa shape index (κ3) is 3.73. The first-order valence-corrected chi connectivity index (χ1v) is 5.93. The fourth-order valence-corrected chi connectivity index (χ4v) is 1.91. The summed E-state index contributed by atoms with van der Waals surface area (Å²) in [5.41, 5.74) is -0.265. The lowest BCUT2D eigenvalue weighted by atomic mass is 9.80. The van der Waals surface area contributed by atoms with Crippen LogP contribution in [0.5, 0.6) is 0 Å². The summed E-state index contributed by atoms with van der Waals surface area (Å²) in [7, 11) is 1.63. The van der Waals surface area contributed by atoms with Gasteiger partial charge < -0.3 is 20.1 Å². The lowest BCUT2D eigenvalue weighted by Crippen LogP contribution is -2.52. The third-order valence-electron chi connectivity index (χ3n) is 3.22. The van der Waals surface area contributed by atoms with Gasteiger partial charge in [-0.25, -0.2) is 4.79 Å². The number of nitrogens with one attached hydrogen (secondary N) is 1. The summed E-state index contributed by atoms with van der Waals surface area (Å²) in [6.45, 7) is 3.79. The minimum Gasteiger partial charge on any atom is -0.480 e. The zero-order valence-corrected chi connectivity index (χ0v) is 10.6. The topological polar surface area (TPSA) is 78.9 Å². The number of methoxy groups -OCH3 is 1. The van der Waals surface area contributed by atoms with Gasteiger partial charge in [0.1, 0.15) is 6.54 Å². The molecule has 0 heterocycles. The minimum atomic E-state index is -1.04. The fourth-order valence-electron chi connectivity index (χ4n) is 1.91. The van der Waals surface area contributed by atoms with Crippen molar-refractivity contribution in [2.24, 2.45) is 0 Å². The van der Waals surface area contributed by atoms with Crippen molar-refractivity contribution in [1.82, 2.24) is 10.2 Å². The number of carboxylic acid groups (broad SMARTS) is 1. The summed E-state index contributed by atoms with van der Waals surface area (Å²) in [6, 6.07) is -0.402. The monoisotopic (exact) mass is 256 g/mol. The largest absolute Gasteiger partial charge is 0.480 e. The maximum absolute atomic E-state index is 11.8. The number of hydrogen-bond donors (Lipinski definition) is 2. The Hall–Kier alpha value is -1.56. The van der Waals surface area contributed by atoms with Crippen LogP contribution in [-0.4, -0.2) is 54.4 Å². The van der Waals surface area contributed by atoms with Crippen molar-refractivity contribution in [3.05, 3.63) is 12.7 Å². The van der Waals surface area contributed by atoms with E-state index in [1.54, 1.807) is 7.11 Å². The Morgan fingerprint density at radius 2 is 2.22 bits per heavy atom. The molecule has 0 aromatic heterocycles. The van der Waals surface area contributed by atoms with Crippen molar-refractivity contribution in [2.75, 3.05) is 26.7 Å². The number of aliphatic carboxylic acids is 1. The number of amides is 2. The summed E-state index contributed by atoms with van der Waals surface area (Å²) in [5, 5.41) is 11.4. The number of rotatable bonds is 7. The van der Waals surface area contributed by atoms with Crippen molar-refractivity contribution in [1.29, 1.82) is 0 Å². The number of urea groups is 1. The Kier molecular flexibility index (Phi) is 5.15. The molecule has 6 nitrogen and oxygen atoms in total. The highest BCUT2D eigenvalue weighted by Crippen LogP contribution is 2.34. The molecule has 0 radical (unpaired) electrons. The summed E-state index contributed by atoms with van der Waals surface area (Å²) >= 11 is 0. The van der Waals surface area contributed by atoms with E-state index in [4.69, 9.17) is 9.84 Å². The number of ether oxygens (including phenoxy) is 1. The van der Waals surface area contributed by atoms with E-state index < -0.39 is 12.0 Å². The molecule has 0 aromatic rings. The molecule has 102 valence electrons. The summed E-state index contributed by atoms with van der Waals surface area (Å²) in [4.78, 5) is 23.6. The van der Waals surface area contributed by atoms with E-state index in [0.29, 0.717) is 6.54 Å². The van der Waals surface area contributed by atoms with Crippen LogP contribution in [0.3, 0.4) is 0 Å². The number of carbonyl (C=O) groups is 2. The van der Waals surface area contributed by atoms with E-state index in [1.807, 2.05) is 0 Å². The number of carboxylic acids is 1. The Labute approximate surface area is 107 Å². The molecule has 2 N–H and O–H groups in total. The molecule has 1 fully saturated rings. The maximum atomic E-state index is 11.8. The van der Waals surface area contributed by atoms with Crippen molar-refractivity contribution in [2.45, 2.75) is 24.9 Å². The summed E-state index contributed by atoms with van der Waals surface area (Å²) in [5.74, 6) is -1.04. The van der Waals surface area contributed by atoms with Gasteiger partial charge in [-0.3, -0.25) is 4.79 Å². The van der Waals surface area contributed by atoms with Crippen LogP contribution in [0.1, 0.15) is 19.3 Å². The van der Waals surface area contributed by atoms with Crippen molar-refractivity contribution in [3.8, 4) is 0 Å². The second kappa shape index (κ2) is 6.39. The van der Waals surface area contributed by atoms with E-state index in [-0.39, 0.29) is 18.7 Å². The van der Waals surface area contributed by atoms with Crippen LogP contribution < -0.4 is 5.32 Å². The molecule has 2 amide bonds. The van der Waals surface area contributed by atoms with E-state index in [0.717, 1.165) is 19.3 Å². The average Bonchev–Trinajstić information content (AvgIpc) is 2.27. The highest BCUT2D eigenvalue weighted by molar-refractivity contribution is 5.80. The lowest BCUT2D eigenvalue weighted by molar-refractivity contribution is -0.137. The molecular weight excluding hydrogens is 236 g/mol. The second-order valence-electron chi connectivity index (χ2n) is 4.46. The molecule has 18 heavy (non-hydrogen) atoms.